The van der Waals surface area contributed by atoms with Crippen LogP contribution in [0.15, 0.2) is 18.2 Å². The number of aliphatic carboxylic acids is 1. The summed E-state index contributed by atoms with van der Waals surface area (Å²) in [7, 11) is 0. The summed E-state index contributed by atoms with van der Waals surface area (Å²) in [6, 6.07) is 5.18. The van der Waals surface area contributed by atoms with Gasteiger partial charge in [0, 0.05) is 29.6 Å². The minimum atomic E-state index is -0.789. The maximum atomic E-state index is 12.3. The van der Waals surface area contributed by atoms with Gasteiger partial charge in [0.2, 0.25) is 5.91 Å². The minimum Gasteiger partial charge on any atom is -0.481 e. The Hall–Kier alpha value is -1.26. The molecule has 0 spiro atoms. The zero-order valence-electron chi connectivity index (χ0n) is 11.5. The molecule has 21 heavy (non-hydrogen) atoms. The van der Waals surface area contributed by atoms with Crippen LogP contribution in [-0.4, -0.2) is 35.0 Å². The van der Waals surface area contributed by atoms with Crippen LogP contribution in [-0.2, 0) is 16.0 Å². The van der Waals surface area contributed by atoms with Crippen LogP contribution >= 0.6 is 23.2 Å². The number of carbonyl (C=O) groups is 2. The van der Waals surface area contributed by atoms with Crippen molar-refractivity contribution in [3.05, 3.63) is 33.8 Å². The van der Waals surface area contributed by atoms with Gasteiger partial charge in [0.25, 0.3) is 0 Å². The molecule has 0 aromatic heterocycles. The number of halogens is 2. The van der Waals surface area contributed by atoms with E-state index in [4.69, 9.17) is 28.3 Å². The number of nitrogens with zero attached hydrogens (tertiary/aromatic N) is 1. The summed E-state index contributed by atoms with van der Waals surface area (Å²) >= 11 is 12.1. The van der Waals surface area contributed by atoms with Gasteiger partial charge in [-0.3, -0.25) is 9.59 Å². The molecule has 1 heterocycles. The first-order valence-electron chi connectivity index (χ1n) is 6.90. The summed E-state index contributed by atoms with van der Waals surface area (Å²) in [6.45, 7) is 1.29. The number of hydrogen-bond donors (Lipinski definition) is 1. The van der Waals surface area contributed by atoms with Crippen LogP contribution in [0.2, 0.25) is 10.0 Å². The lowest BCUT2D eigenvalue weighted by atomic mass is 10.0. The zero-order chi connectivity index (χ0) is 15.4. The van der Waals surface area contributed by atoms with Crippen LogP contribution in [0, 0.1) is 5.92 Å². The number of amides is 1. The first kappa shape index (κ1) is 16.1. The van der Waals surface area contributed by atoms with Crippen LogP contribution in [0.4, 0.5) is 0 Å². The van der Waals surface area contributed by atoms with Gasteiger partial charge in [0.1, 0.15) is 0 Å². The number of carboxylic acids is 1. The maximum absolute atomic E-state index is 12.3. The third kappa shape index (κ3) is 4.35. The Balaban J connectivity index is 1.91. The summed E-state index contributed by atoms with van der Waals surface area (Å²) in [5.41, 5.74) is 0.653. The molecule has 1 amide bonds. The van der Waals surface area contributed by atoms with Gasteiger partial charge in [-0.05, 0) is 36.5 Å². The van der Waals surface area contributed by atoms with Crippen molar-refractivity contribution < 1.29 is 14.7 Å². The van der Waals surface area contributed by atoms with Crippen LogP contribution in [0.3, 0.4) is 0 Å². The summed E-state index contributed by atoms with van der Waals surface area (Å²) in [5.74, 6) is -0.530. The molecule has 1 aromatic carbocycles. The van der Waals surface area contributed by atoms with E-state index in [9.17, 15) is 9.59 Å². The molecule has 1 aliphatic heterocycles. The van der Waals surface area contributed by atoms with Crippen molar-refractivity contribution >= 4 is 35.1 Å². The van der Waals surface area contributed by atoms with E-state index in [0.717, 1.165) is 6.42 Å². The average Bonchev–Trinajstić information content (AvgIpc) is 2.89. The Morgan fingerprint density at radius 1 is 1.29 bits per heavy atom. The number of likely N-dealkylation sites (tertiary alicyclic amines) is 1. The lowest BCUT2D eigenvalue weighted by Crippen LogP contribution is -2.30. The van der Waals surface area contributed by atoms with Gasteiger partial charge in [0.15, 0.2) is 0 Å². The third-order valence-electron chi connectivity index (χ3n) is 3.79. The number of carbonyl (C=O) groups excluding carboxylic acids is 1. The van der Waals surface area contributed by atoms with Crippen LogP contribution in [0.5, 0.6) is 0 Å². The lowest BCUT2D eigenvalue weighted by molar-refractivity contribution is -0.137. The molecule has 0 radical (unpaired) electrons. The van der Waals surface area contributed by atoms with Crippen molar-refractivity contribution in [2.24, 2.45) is 5.92 Å². The van der Waals surface area contributed by atoms with Gasteiger partial charge in [-0.15, -0.1) is 0 Å². The van der Waals surface area contributed by atoms with Crippen LogP contribution in [0.1, 0.15) is 24.8 Å². The summed E-state index contributed by atoms with van der Waals surface area (Å²) in [4.78, 5) is 24.6. The molecule has 1 saturated heterocycles. The molecule has 1 atom stereocenters. The Morgan fingerprint density at radius 3 is 2.57 bits per heavy atom. The number of rotatable bonds is 5. The third-order valence-corrected chi connectivity index (χ3v) is 4.50. The second kappa shape index (κ2) is 7.14. The van der Waals surface area contributed by atoms with E-state index < -0.39 is 5.97 Å². The van der Waals surface area contributed by atoms with Crippen molar-refractivity contribution in [1.29, 1.82) is 0 Å². The van der Waals surface area contributed by atoms with Crippen molar-refractivity contribution in [2.45, 2.75) is 25.7 Å². The highest BCUT2D eigenvalue weighted by Gasteiger charge is 2.27. The normalized spacial score (nSPS) is 18.0. The highest BCUT2D eigenvalue weighted by Crippen LogP contribution is 2.27. The zero-order valence-corrected chi connectivity index (χ0v) is 13.0. The SMILES string of the molecule is O=C(O)CCC1CCN(C(=O)Cc2c(Cl)cccc2Cl)C1. The second-order valence-electron chi connectivity index (χ2n) is 5.30. The van der Waals surface area contributed by atoms with Gasteiger partial charge in [-0.25, -0.2) is 0 Å². The topological polar surface area (TPSA) is 57.6 Å². The molecule has 114 valence electrons. The minimum absolute atomic E-state index is 0.0113. The molecule has 6 heteroatoms. The van der Waals surface area contributed by atoms with Crippen molar-refractivity contribution in [3.63, 3.8) is 0 Å². The molecule has 4 nitrogen and oxygen atoms in total. The highest BCUT2D eigenvalue weighted by atomic mass is 35.5. The lowest BCUT2D eigenvalue weighted by Gasteiger charge is -2.17. The molecule has 0 saturated carbocycles. The van der Waals surface area contributed by atoms with Crippen molar-refractivity contribution in [3.8, 4) is 0 Å². The smallest absolute Gasteiger partial charge is 0.303 e. The molecular weight excluding hydrogens is 313 g/mol. The molecular formula is C15H17Cl2NO3. The van der Waals surface area contributed by atoms with Crippen LogP contribution in [0.25, 0.3) is 0 Å². The highest BCUT2D eigenvalue weighted by molar-refractivity contribution is 6.36. The molecule has 2 rings (SSSR count). The number of benzene rings is 1. The van der Waals surface area contributed by atoms with Gasteiger partial charge < -0.3 is 10.0 Å². The Morgan fingerprint density at radius 2 is 1.95 bits per heavy atom. The van der Waals surface area contributed by atoms with E-state index in [2.05, 4.69) is 0 Å². The predicted octanol–water partition coefficient (Wildman–Crippen LogP) is 3.25. The average molecular weight is 330 g/mol. The predicted molar refractivity (Wildman–Crippen MR) is 81.7 cm³/mol. The van der Waals surface area contributed by atoms with E-state index >= 15 is 0 Å². The van der Waals surface area contributed by atoms with E-state index in [1.165, 1.54) is 0 Å². The molecule has 1 fully saturated rings. The first-order chi connectivity index (χ1) is 9.97. The first-order valence-corrected chi connectivity index (χ1v) is 7.65. The molecule has 1 aromatic rings. The quantitative estimate of drug-likeness (QED) is 0.902. The van der Waals surface area contributed by atoms with E-state index in [0.29, 0.717) is 35.1 Å². The van der Waals surface area contributed by atoms with Gasteiger partial charge in [-0.2, -0.15) is 0 Å². The molecule has 0 bridgehead atoms. The van der Waals surface area contributed by atoms with E-state index in [-0.39, 0.29) is 24.7 Å². The maximum Gasteiger partial charge on any atom is 0.303 e. The van der Waals surface area contributed by atoms with Crippen molar-refractivity contribution in [2.75, 3.05) is 13.1 Å². The fourth-order valence-corrected chi connectivity index (χ4v) is 3.12. The fraction of sp³-hybridized carbons (Fsp3) is 0.467. The second-order valence-corrected chi connectivity index (χ2v) is 6.12. The molecule has 1 aliphatic rings. The Bertz CT molecular complexity index is 527. The van der Waals surface area contributed by atoms with E-state index in [1.54, 1.807) is 23.1 Å². The Kier molecular flexibility index (Phi) is 5.48. The largest absolute Gasteiger partial charge is 0.481 e. The summed E-state index contributed by atoms with van der Waals surface area (Å²) in [6.07, 6.45) is 1.81. The summed E-state index contributed by atoms with van der Waals surface area (Å²) in [5, 5.41) is 9.69. The number of carboxylic acid groups (broad SMARTS) is 1. The standard InChI is InChI=1S/C15H17Cl2NO3/c16-12-2-1-3-13(17)11(12)8-14(19)18-7-6-10(9-18)4-5-15(20)21/h1-3,10H,4-9H2,(H,20,21). The van der Waals surface area contributed by atoms with Gasteiger partial charge in [-0.1, -0.05) is 29.3 Å². The molecule has 1 unspecified atom stereocenters. The monoisotopic (exact) mass is 329 g/mol. The van der Waals surface area contributed by atoms with Gasteiger partial charge in [0.05, 0.1) is 6.42 Å². The van der Waals surface area contributed by atoms with Crippen LogP contribution < -0.4 is 0 Å². The van der Waals surface area contributed by atoms with Crippen molar-refractivity contribution in [1.82, 2.24) is 4.90 Å². The number of hydrogen-bond acceptors (Lipinski definition) is 2. The van der Waals surface area contributed by atoms with E-state index in [1.807, 2.05) is 0 Å². The van der Waals surface area contributed by atoms with Gasteiger partial charge >= 0.3 is 5.97 Å². The summed E-state index contributed by atoms with van der Waals surface area (Å²) < 4.78 is 0. The molecule has 0 aliphatic carbocycles. The Labute approximate surface area is 133 Å². The fourth-order valence-electron chi connectivity index (χ4n) is 2.59. The molecule has 1 N–H and O–H groups in total.